The highest BCUT2D eigenvalue weighted by Gasteiger charge is 2.18. The molecule has 0 saturated carbocycles. The number of ether oxygens (including phenoxy) is 2. The van der Waals surface area contributed by atoms with Gasteiger partial charge in [0.05, 0.1) is 11.1 Å². The van der Waals surface area contributed by atoms with Crippen LogP contribution in [-0.4, -0.2) is 27.0 Å². The summed E-state index contributed by atoms with van der Waals surface area (Å²) < 4.78 is 10.8. The summed E-state index contributed by atoms with van der Waals surface area (Å²) >= 11 is 6.07. The summed E-state index contributed by atoms with van der Waals surface area (Å²) in [6.07, 6.45) is 1.47. The minimum atomic E-state index is 0.229. The van der Waals surface area contributed by atoms with E-state index in [1.165, 1.54) is 6.33 Å². The van der Waals surface area contributed by atoms with E-state index in [0.717, 1.165) is 28.1 Å². The van der Waals surface area contributed by atoms with Crippen LogP contribution in [-0.2, 0) is 0 Å². The maximum atomic E-state index is 6.07. The number of aromatic nitrogens is 4. The van der Waals surface area contributed by atoms with E-state index in [0.29, 0.717) is 22.2 Å². The Morgan fingerprint density at radius 2 is 1.96 bits per heavy atom. The van der Waals surface area contributed by atoms with Gasteiger partial charge in [-0.1, -0.05) is 17.7 Å². The molecule has 5 rings (SSSR count). The van der Waals surface area contributed by atoms with Crippen LogP contribution in [0.2, 0.25) is 5.02 Å². The number of anilines is 2. The second-order valence-corrected chi connectivity index (χ2v) is 6.16. The van der Waals surface area contributed by atoms with Crippen molar-refractivity contribution in [1.82, 2.24) is 20.2 Å². The standard InChI is InChI=1S/C18H12ClN5O2/c19-11-2-1-3-12(7-11)22-17-15-16(23-24-18(15)21-8-20-17)10-4-5-13-14(6-10)26-9-25-13/h1-8H,9H2,(H2,20,21,22,23,24). The number of hydrogen-bond acceptors (Lipinski definition) is 6. The van der Waals surface area contributed by atoms with Gasteiger partial charge in [0.1, 0.15) is 12.1 Å². The number of halogens is 1. The van der Waals surface area contributed by atoms with Crippen molar-refractivity contribution in [2.45, 2.75) is 0 Å². The lowest BCUT2D eigenvalue weighted by Crippen LogP contribution is -1.96. The van der Waals surface area contributed by atoms with Crippen LogP contribution in [0.4, 0.5) is 11.5 Å². The van der Waals surface area contributed by atoms with Crippen molar-refractivity contribution in [1.29, 1.82) is 0 Å². The summed E-state index contributed by atoms with van der Waals surface area (Å²) in [4.78, 5) is 8.63. The van der Waals surface area contributed by atoms with E-state index in [1.54, 1.807) is 0 Å². The summed E-state index contributed by atoms with van der Waals surface area (Å²) in [5.41, 5.74) is 3.09. The minimum Gasteiger partial charge on any atom is -0.454 e. The first-order valence-corrected chi connectivity index (χ1v) is 8.27. The number of H-pyrrole nitrogens is 1. The van der Waals surface area contributed by atoms with E-state index in [9.17, 15) is 0 Å². The molecule has 26 heavy (non-hydrogen) atoms. The van der Waals surface area contributed by atoms with Gasteiger partial charge in [-0.15, -0.1) is 0 Å². The molecule has 3 heterocycles. The molecule has 0 amide bonds. The number of fused-ring (bicyclic) bond motifs is 2. The normalized spacial score (nSPS) is 12.5. The molecule has 128 valence electrons. The summed E-state index contributed by atoms with van der Waals surface area (Å²) in [5, 5.41) is 12.0. The van der Waals surface area contributed by atoms with Gasteiger partial charge in [0.25, 0.3) is 0 Å². The van der Waals surface area contributed by atoms with Crippen LogP contribution in [0.5, 0.6) is 11.5 Å². The van der Waals surface area contributed by atoms with Crippen LogP contribution in [0.1, 0.15) is 0 Å². The lowest BCUT2D eigenvalue weighted by molar-refractivity contribution is 0.174. The Balaban J connectivity index is 1.63. The fraction of sp³-hybridized carbons (Fsp3) is 0.0556. The van der Waals surface area contributed by atoms with Crippen LogP contribution in [0.3, 0.4) is 0 Å². The molecular formula is C18H12ClN5O2. The smallest absolute Gasteiger partial charge is 0.231 e. The molecule has 1 aliphatic rings. The Morgan fingerprint density at radius 3 is 2.88 bits per heavy atom. The Morgan fingerprint density at radius 1 is 1.04 bits per heavy atom. The van der Waals surface area contributed by atoms with Gasteiger partial charge in [-0.25, -0.2) is 9.97 Å². The maximum Gasteiger partial charge on any atom is 0.231 e. The summed E-state index contributed by atoms with van der Waals surface area (Å²) in [7, 11) is 0. The first-order valence-electron chi connectivity index (χ1n) is 7.89. The Kier molecular flexibility index (Phi) is 3.39. The number of nitrogens with one attached hydrogen (secondary N) is 2. The number of aromatic amines is 1. The molecule has 0 unspecified atom stereocenters. The van der Waals surface area contributed by atoms with Gasteiger partial charge < -0.3 is 14.8 Å². The van der Waals surface area contributed by atoms with E-state index in [-0.39, 0.29) is 6.79 Å². The van der Waals surface area contributed by atoms with E-state index < -0.39 is 0 Å². The average Bonchev–Trinajstić information content (AvgIpc) is 3.28. The highest BCUT2D eigenvalue weighted by Crippen LogP contribution is 2.38. The van der Waals surface area contributed by atoms with Crippen LogP contribution in [0.15, 0.2) is 48.8 Å². The van der Waals surface area contributed by atoms with Crippen LogP contribution in [0.25, 0.3) is 22.3 Å². The van der Waals surface area contributed by atoms with E-state index in [4.69, 9.17) is 21.1 Å². The van der Waals surface area contributed by atoms with Gasteiger partial charge in [-0.05, 0) is 36.4 Å². The van der Waals surface area contributed by atoms with E-state index >= 15 is 0 Å². The second-order valence-electron chi connectivity index (χ2n) is 5.72. The van der Waals surface area contributed by atoms with Crippen molar-refractivity contribution in [3.63, 3.8) is 0 Å². The van der Waals surface area contributed by atoms with Crippen molar-refractivity contribution in [3.05, 3.63) is 53.8 Å². The molecule has 1 aliphatic heterocycles. The number of nitrogens with zero attached hydrogens (tertiary/aromatic N) is 3. The van der Waals surface area contributed by atoms with Gasteiger partial charge in [0, 0.05) is 16.3 Å². The molecule has 2 aromatic heterocycles. The Hall–Kier alpha value is -3.32. The topological polar surface area (TPSA) is 85.0 Å². The molecule has 0 aliphatic carbocycles. The van der Waals surface area contributed by atoms with E-state index in [1.807, 2.05) is 42.5 Å². The fourth-order valence-electron chi connectivity index (χ4n) is 2.91. The minimum absolute atomic E-state index is 0.229. The quantitative estimate of drug-likeness (QED) is 0.567. The second kappa shape index (κ2) is 5.89. The third-order valence-corrected chi connectivity index (χ3v) is 4.33. The molecule has 8 heteroatoms. The highest BCUT2D eigenvalue weighted by molar-refractivity contribution is 6.30. The van der Waals surface area contributed by atoms with Crippen molar-refractivity contribution in [2.75, 3.05) is 12.1 Å². The molecule has 0 fully saturated rings. The SMILES string of the molecule is Clc1cccc(Nc2ncnc3n[nH]c(-c4ccc5c(c4)OCO5)c23)c1. The van der Waals surface area contributed by atoms with Gasteiger partial charge >= 0.3 is 0 Å². The van der Waals surface area contributed by atoms with Gasteiger partial charge in [-0.2, -0.15) is 5.10 Å². The van der Waals surface area contributed by atoms with Crippen molar-refractivity contribution >= 4 is 34.1 Å². The summed E-state index contributed by atoms with van der Waals surface area (Å²) in [5.74, 6) is 2.07. The number of hydrogen-bond donors (Lipinski definition) is 2. The third kappa shape index (κ3) is 2.49. The molecule has 0 radical (unpaired) electrons. The number of rotatable bonds is 3. The zero-order chi connectivity index (χ0) is 17.5. The predicted molar refractivity (Wildman–Crippen MR) is 98.0 cm³/mol. The molecule has 0 spiro atoms. The van der Waals surface area contributed by atoms with Crippen molar-refractivity contribution in [3.8, 4) is 22.8 Å². The molecule has 0 atom stereocenters. The predicted octanol–water partition coefficient (Wildman–Crippen LogP) is 4.15. The number of benzene rings is 2. The Labute approximate surface area is 153 Å². The molecule has 2 aromatic carbocycles. The molecule has 7 nitrogen and oxygen atoms in total. The van der Waals surface area contributed by atoms with Crippen molar-refractivity contribution in [2.24, 2.45) is 0 Å². The van der Waals surface area contributed by atoms with Crippen LogP contribution < -0.4 is 14.8 Å². The largest absolute Gasteiger partial charge is 0.454 e. The molecule has 4 aromatic rings. The third-order valence-electron chi connectivity index (χ3n) is 4.10. The fourth-order valence-corrected chi connectivity index (χ4v) is 3.10. The maximum absolute atomic E-state index is 6.07. The summed E-state index contributed by atoms with van der Waals surface area (Å²) in [6, 6.07) is 13.2. The summed E-state index contributed by atoms with van der Waals surface area (Å²) in [6.45, 7) is 0.229. The van der Waals surface area contributed by atoms with Crippen LogP contribution in [0, 0.1) is 0 Å². The molecular weight excluding hydrogens is 354 g/mol. The monoisotopic (exact) mass is 365 g/mol. The average molecular weight is 366 g/mol. The van der Waals surface area contributed by atoms with Crippen molar-refractivity contribution < 1.29 is 9.47 Å². The zero-order valence-corrected chi connectivity index (χ0v) is 14.1. The van der Waals surface area contributed by atoms with Gasteiger partial charge in [0.2, 0.25) is 6.79 Å². The molecule has 0 saturated heterocycles. The lowest BCUT2D eigenvalue weighted by atomic mass is 10.1. The first-order chi connectivity index (χ1) is 12.8. The highest BCUT2D eigenvalue weighted by atomic mass is 35.5. The first kappa shape index (κ1) is 15.0. The lowest BCUT2D eigenvalue weighted by Gasteiger charge is -2.08. The molecule has 0 bridgehead atoms. The van der Waals surface area contributed by atoms with Crippen LogP contribution >= 0.6 is 11.6 Å². The zero-order valence-electron chi connectivity index (χ0n) is 13.4. The molecule has 2 N–H and O–H groups in total. The van der Waals surface area contributed by atoms with E-state index in [2.05, 4.69) is 25.5 Å². The Bertz CT molecular complexity index is 1130. The van der Waals surface area contributed by atoms with Gasteiger partial charge in [-0.3, -0.25) is 5.10 Å². The van der Waals surface area contributed by atoms with Gasteiger partial charge in [0.15, 0.2) is 17.1 Å².